The molecule has 1 aromatic heterocycles. The summed E-state index contributed by atoms with van der Waals surface area (Å²) < 4.78 is 0. The molecular weight excluding hydrogens is 520 g/mol. The summed E-state index contributed by atoms with van der Waals surface area (Å²) in [6.45, 7) is 0.278. The second-order valence-electron chi connectivity index (χ2n) is 8.31. The Labute approximate surface area is 223 Å². The molecule has 17 heteroatoms. The fourth-order valence-electron chi connectivity index (χ4n) is 3.21. The van der Waals surface area contributed by atoms with Crippen LogP contribution in [0.25, 0.3) is 0 Å². The van der Waals surface area contributed by atoms with Crippen LogP contribution in [0, 0.1) is 0 Å². The quantitative estimate of drug-likeness (QED) is 0.0485. The van der Waals surface area contributed by atoms with E-state index in [0.29, 0.717) is 17.9 Å². The van der Waals surface area contributed by atoms with E-state index in [1.54, 1.807) is 6.26 Å². The van der Waals surface area contributed by atoms with E-state index in [1.807, 2.05) is 0 Å². The van der Waals surface area contributed by atoms with E-state index in [9.17, 15) is 29.1 Å². The number of imidazole rings is 1. The number of carbonyl (C=O) groups excluding carboxylic acids is 4. The van der Waals surface area contributed by atoms with Gasteiger partial charge in [-0.05, 0) is 31.3 Å². The van der Waals surface area contributed by atoms with Crippen molar-refractivity contribution in [1.82, 2.24) is 25.9 Å². The number of carboxylic acids is 1. The molecule has 4 atom stereocenters. The number of H-pyrrole nitrogens is 1. The topological polar surface area (TPSA) is 287 Å². The first-order valence-corrected chi connectivity index (χ1v) is 13.0. The Kier molecular flexibility index (Phi) is 14.2. The Hall–Kier alpha value is -3.86. The van der Waals surface area contributed by atoms with Crippen LogP contribution in [0.5, 0.6) is 0 Å². The zero-order valence-corrected chi connectivity index (χ0v) is 21.8. The lowest BCUT2D eigenvalue weighted by atomic mass is 10.1. The van der Waals surface area contributed by atoms with Crippen LogP contribution < -0.4 is 38.9 Å². The molecule has 4 unspecified atom stereocenters. The van der Waals surface area contributed by atoms with E-state index >= 15 is 0 Å². The normalized spacial score (nSPS) is 13.8. The van der Waals surface area contributed by atoms with Gasteiger partial charge in [-0.3, -0.25) is 24.2 Å². The number of aliphatic carboxylic acids is 1. The van der Waals surface area contributed by atoms with Crippen LogP contribution in [0.2, 0.25) is 0 Å². The number of nitrogens with zero attached hydrogens (tertiary/aromatic N) is 2. The minimum atomic E-state index is -1.56. The lowest BCUT2D eigenvalue weighted by Crippen LogP contribution is -2.58. The maximum atomic E-state index is 13.2. The fourth-order valence-corrected chi connectivity index (χ4v) is 3.68. The molecule has 38 heavy (non-hydrogen) atoms. The average Bonchev–Trinajstić information content (AvgIpc) is 3.35. The summed E-state index contributed by atoms with van der Waals surface area (Å²) in [5.41, 5.74) is 22.1. The zero-order chi connectivity index (χ0) is 28.7. The maximum Gasteiger partial charge on any atom is 0.326 e. The maximum absolute atomic E-state index is 13.2. The number of aliphatic imine (C=N–C) groups is 1. The van der Waals surface area contributed by atoms with Gasteiger partial charge >= 0.3 is 5.97 Å². The Morgan fingerprint density at radius 3 is 2.21 bits per heavy atom. The zero-order valence-electron chi connectivity index (χ0n) is 21.0. The molecule has 0 fully saturated rings. The number of amides is 4. The Morgan fingerprint density at radius 1 is 1.03 bits per heavy atom. The number of carboxylic acid groups (broad SMARTS) is 1. The average molecular weight is 557 g/mol. The highest BCUT2D eigenvalue weighted by atomic mass is 32.2. The van der Waals surface area contributed by atoms with E-state index in [1.165, 1.54) is 24.3 Å². The number of nitrogens with one attached hydrogen (secondary N) is 4. The molecule has 0 bridgehead atoms. The van der Waals surface area contributed by atoms with E-state index in [-0.39, 0.29) is 31.8 Å². The van der Waals surface area contributed by atoms with Gasteiger partial charge in [-0.25, -0.2) is 9.78 Å². The van der Waals surface area contributed by atoms with Gasteiger partial charge in [0.05, 0.1) is 18.8 Å². The first kappa shape index (κ1) is 32.2. The van der Waals surface area contributed by atoms with Crippen molar-refractivity contribution in [1.29, 1.82) is 0 Å². The molecule has 0 spiro atoms. The lowest BCUT2D eigenvalue weighted by molar-refractivity contribution is -0.143. The number of rotatable bonds is 18. The van der Waals surface area contributed by atoms with Crippen LogP contribution in [0.3, 0.4) is 0 Å². The number of carbonyl (C=O) groups is 5. The first-order chi connectivity index (χ1) is 17.9. The van der Waals surface area contributed by atoms with Crippen molar-refractivity contribution in [2.24, 2.45) is 27.9 Å². The number of aromatic nitrogens is 2. The molecule has 1 aromatic rings. The summed E-state index contributed by atoms with van der Waals surface area (Å²) in [7, 11) is 0. The number of nitrogens with two attached hydrogens (primary N) is 4. The minimum absolute atomic E-state index is 0.00852. The van der Waals surface area contributed by atoms with Gasteiger partial charge in [-0.1, -0.05) is 0 Å². The van der Waals surface area contributed by atoms with Gasteiger partial charge in [0.25, 0.3) is 0 Å². The third-order valence-electron chi connectivity index (χ3n) is 5.18. The van der Waals surface area contributed by atoms with E-state index in [4.69, 9.17) is 22.9 Å². The lowest BCUT2D eigenvalue weighted by Gasteiger charge is -2.25. The molecular formula is C21H36N10O6S. The molecule has 16 nitrogen and oxygen atoms in total. The molecule has 0 aliphatic carbocycles. The highest BCUT2D eigenvalue weighted by molar-refractivity contribution is 7.98. The minimum Gasteiger partial charge on any atom is -0.480 e. The summed E-state index contributed by atoms with van der Waals surface area (Å²) in [6, 6.07) is -4.82. The second-order valence-corrected chi connectivity index (χ2v) is 9.30. The third-order valence-corrected chi connectivity index (χ3v) is 5.82. The van der Waals surface area contributed by atoms with E-state index < -0.39 is 60.2 Å². The SMILES string of the molecule is CSCCC(NC(=O)C(Cc1cnc[nH]1)NC(=O)C(N)CCCN=C(N)N)C(=O)NC(CC(N)=O)C(=O)O. The molecule has 1 rings (SSSR count). The van der Waals surface area contributed by atoms with Crippen LogP contribution in [0.15, 0.2) is 17.5 Å². The first-order valence-electron chi connectivity index (χ1n) is 11.6. The fraction of sp³-hybridized carbons (Fsp3) is 0.571. The summed E-state index contributed by atoms with van der Waals surface area (Å²) in [4.78, 5) is 71.9. The molecule has 4 amide bonds. The van der Waals surface area contributed by atoms with Crippen LogP contribution >= 0.6 is 11.8 Å². The van der Waals surface area contributed by atoms with E-state index in [0.717, 1.165) is 0 Å². The van der Waals surface area contributed by atoms with Crippen LogP contribution in [0.4, 0.5) is 0 Å². The van der Waals surface area contributed by atoms with Crippen LogP contribution in [-0.2, 0) is 30.4 Å². The van der Waals surface area contributed by atoms with Gasteiger partial charge in [-0.15, -0.1) is 0 Å². The Morgan fingerprint density at radius 2 is 1.66 bits per heavy atom. The molecule has 0 saturated heterocycles. The van der Waals surface area contributed by atoms with Crippen LogP contribution in [0.1, 0.15) is 31.4 Å². The number of guanidine groups is 1. The van der Waals surface area contributed by atoms with Crippen molar-refractivity contribution >= 4 is 47.3 Å². The molecule has 13 N–H and O–H groups in total. The van der Waals surface area contributed by atoms with Crippen molar-refractivity contribution in [3.05, 3.63) is 18.2 Å². The molecule has 212 valence electrons. The number of aromatic amines is 1. The smallest absolute Gasteiger partial charge is 0.326 e. The number of hydrogen-bond donors (Lipinski definition) is 9. The van der Waals surface area contributed by atoms with Crippen LogP contribution in [-0.4, -0.2) is 93.4 Å². The molecule has 0 aliphatic rings. The van der Waals surface area contributed by atoms with Gasteiger partial charge in [0.15, 0.2) is 5.96 Å². The second kappa shape index (κ2) is 16.8. The number of primary amides is 1. The van der Waals surface area contributed by atoms with Crippen molar-refractivity contribution in [3.8, 4) is 0 Å². The molecule has 0 aromatic carbocycles. The predicted octanol–water partition coefficient (Wildman–Crippen LogP) is -3.50. The number of thioether (sulfide) groups is 1. The highest BCUT2D eigenvalue weighted by Crippen LogP contribution is 2.06. The largest absolute Gasteiger partial charge is 0.480 e. The molecule has 0 saturated carbocycles. The summed E-state index contributed by atoms with van der Waals surface area (Å²) in [5, 5.41) is 16.7. The summed E-state index contributed by atoms with van der Waals surface area (Å²) in [6.07, 6.45) is 4.88. The number of hydrogen-bond acceptors (Lipinski definition) is 9. The van der Waals surface area contributed by atoms with Crippen molar-refractivity contribution in [2.45, 2.75) is 56.3 Å². The molecule has 0 aliphatic heterocycles. The molecule has 0 radical (unpaired) electrons. The van der Waals surface area contributed by atoms with Gasteiger partial charge in [-0.2, -0.15) is 11.8 Å². The summed E-state index contributed by atoms with van der Waals surface area (Å²) >= 11 is 1.40. The summed E-state index contributed by atoms with van der Waals surface area (Å²) in [5.74, 6) is -4.13. The standard InChI is InChI=1S/C21H36N10O6S/c1-38-6-4-13(18(34)31-15(20(36)37)8-16(23)32)29-19(35)14(7-11-9-26-10-28-11)30-17(33)12(22)3-2-5-27-21(24)25/h9-10,12-15H,2-8,22H2,1H3,(H2,23,32)(H,26,28)(H,29,35)(H,30,33)(H,31,34)(H,36,37)(H4,24,25,27). The predicted molar refractivity (Wildman–Crippen MR) is 140 cm³/mol. The Balaban J connectivity index is 2.98. The highest BCUT2D eigenvalue weighted by Gasteiger charge is 2.31. The third kappa shape index (κ3) is 12.4. The van der Waals surface area contributed by atoms with Gasteiger partial charge < -0.3 is 49.0 Å². The van der Waals surface area contributed by atoms with Gasteiger partial charge in [0.2, 0.25) is 23.6 Å². The Bertz CT molecular complexity index is 970. The monoisotopic (exact) mass is 556 g/mol. The van der Waals surface area contributed by atoms with Crippen molar-refractivity contribution in [2.75, 3.05) is 18.6 Å². The van der Waals surface area contributed by atoms with Gasteiger partial charge in [0.1, 0.15) is 18.1 Å². The van der Waals surface area contributed by atoms with Crippen molar-refractivity contribution in [3.63, 3.8) is 0 Å². The van der Waals surface area contributed by atoms with Crippen molar-refractivity contribution < 1.29 is 29.1 Å². The van der Waals surface area contributed by atoms with E-state index in [2.05, 4.69) is 30.9 Å². The van der Waals surface area contributed by atoms with Gasteiger partial charge in [0, 0.05) is 24.9 Å². The molecule has 1 heterocycles.